The van der Waals surface area contributed by atoms with Crippen molar-refractivity contribution in [2.45, 2.75) is 19.5 Å². The van der Waals surface area contributed by atoms with E-state index in [1.807, 2.05) is 24.3 Å². The highest BCUT2D eigenvalue weighted by molar-refractivity contribution is 5.72. The van der Waals surface area contributed by atoms with Gasteiger partial charge in [0.2, 0.25) is 6.39 Å². The number of hydrogen-bond acceptors (Lipinski definition) is 6. The van der Waals surface area contributed by atoms with E-state index < -0.39 is 0 Å². The van der Waals surface area contributed by atoms with E-state index in [1.54, 1.807) is 0 Å². The molecule has 0 bridgehead atoms. The maximum atomic E-state index is 11.3. The fourth-order valence-electron chi connectivity index (χ4n) is 1.71. The molecule has 100 valence electrons. The summed E-state index contributed by atoms with van der Waals surface area (Å²) in [6.07, 6.45) is 1.57. The second-order valence-corrected chi connectivity index (χ2v) is 3.97. The van der Waals surface area contributed by atoms with Gasteiger partial charge in [-0.2, -0.15) is 4.98 Å². The Morgan fingerprint density at radius 2 is 2.11 bits per heavy atom. The number of esters is 1. The minimum absolute atomic E-state index is 0.245. The van der Waals surface area contributed by atoms with Crippen molar-refractivity contribution >= 4 is 5.97 Å². The van der Waals surface area contributed by atoms with Crippen LogP contribution in [0.1, 0.15) is 17.0 Å². The molecule has 0 radical (unpaired) electrons. The smallest absolute Gasteiger partial charge is 0.309 e. The molecule has 1 aromatic carbocycles. The molecule has 0 aliphatic heterocycles. The number of methoxy groups -OCH3 is 1. The lowest BCUT2D eigenvalue weighted by Gasteiger charge is -2.08. The van der Waals surface area contributed by atoms with E-state index in [0.29, 0.717) is 18.9 Å². The molecule has 0 fully saturated rings. The SMILES string of the molecule is COC(=O)Cc1ccccc1CNCc1ncon1. The van der Waals surface area contributed by atoms with E-state index in [1.165, 1.54) is 13.5 Å². The molecular formula is C13H15N3O3. The highest BCUT2D eigenvalue weighted by Gasteiger charge is 2.07. The Morgan fingerprint density at radius 3 is 2.79 bits per heavy atom. The van der Waals surface area contributed by atoms with Crippen LogP contribution in [0.5, 0.6) is 0 Å². The summed E-state index contributed by atoms with van der Waals surface area (Å²) in [7, 11) is 1.39. The number of ether oxygens (including phenoxy) is 1. The zero-order valence-corrected chi connectivity index (χ0v) is 10.6. The molecule has 1 N–H and O–H groups in total. The lowest BCUT2D eigenvalue weighted by atomic mass is 10.0. The molecule has 0 spiro atoms. The molecule has 0 unspecified atom stereocenters. The van der Waals surface area contributed by atoms with Gasteiger partial charge in [-0.25, -0.2) is 0 Å². The topological polar surface area (TPSA) is 77.2 Å². The number of carbonyl (C=O) groups excluding carboxylic acids is 1. The Balaban J connectivity index is 1.93. The number of hydrogen-bond donors (Lipinski definition) is 1. The van der Waals surface area contributed by atoms with Gasteiger partial charge in [0.1, 0.15) is 0 Å². The Kier molecular flexibility index (Phi) is 4.63. The van der Waals surface area contributed by atoms with E-state index in [-0.39, 0.29) is 12.4 Å². The van der Waals surface area contributed by atoms with Crippen molar-refractivity contribution in [3.8, 4) is 0 Å². The third kappa shape index (κ3) is 3.89. The summed E-state index contributed by atoms with van der Waals surface area (Å²) in [5, 5.41) is 6.91. The summed E-state index contributed by atoms with van der Waals surface area (Å²) >= 11 is 0. The standard InChI is InChI=1S/C13H15N3O3/c1-18-13(17)6-10-4-2-3-5-11(10)7-14-8-12-15-9-19-16-12/h2-5,9,14H,6-8H2,1H3. The molecule has 2 aromatic rings. The first-order valence-electron chi connectivity index (χ1n) is 5.89. The lowest BCUT2D eigenvalue weighted by molar-refractivity contribution is -0.139. The molecule has 1 aromatic heterocycles. The van der Waals surface area contributed by atoms with Gasteiger partial charge in [-0.3, -0.25) is 4.79 Å². The molecule has 0 aliphatic carbocycles. The summed E-state index contributed by atoms with van der Waals surface area (Å²) in [5.74, 6) is 0.357. The third-order valence-corrected chi connectivity index (χ3v) is 2.69. The first kappa shape index (κ1) is 13.2. The van der Waals surface area contributed by atoms with Crippen LogP contribution in [0.15, 0.2) is 35.2 Å². The Bertz CT molecular complexity index is 526. The first-order valence-corrected chi connectivity index (χ1v) is 5.89. The normalized spacial score (nSPS) is 10.4. The van der Waals surface area contributed by atoms with Crippen LogP contribution in [0.2, 0.25) is 0 Å². The van der Waals surface area contributed by atoms with Crippen molar-refractivity contribution in [1.82, 2.24) is 15.5 Å². The van der Waals surface area contributed by atoms with E-state index in [0.717, 1.165) is 11.1 Å². The van der Waals surface area contributed by atoms with E-state index in [9.17, 15) is 4.79 Å². The first-order chi connectivity index (χ1) is 9.29. The van der Waals surface area contributed by atoms with E-state index in [2.05, 4.69) is 24.7 Å². The zero-order valence-electron chi connectivity index (χ0n) is 10.6. The minimum atomic E-state index is -0.245. The molecule has 0 aliphatic rings. The number of benzene rings is 1. The van der Waals surface area contributed by atoms with Crippen LogP contribution in [0, 0.1) is 0 Å². The zero-order chi connectivity index (χ0) is 13.5. The summed E-state index contributed by atoms with van der Waals surface area (Å²) < 4.78 is 9.33. The summed E-state index contributed by atoms with van der Waals surface area (Å²) in [6, 6.07) is 7.73. The van der Waals surface area contributed by atoms with Gasteiger partial charge in [-0.05, 0) is 11.1 Å². The van der Waals surface area contributed by atoms with Gasteiger partial charge in [0.05, 0.1) is 20.1 Å². The third-order valence-electron chi connectivity index (χ3n) is 2.69. The van der Waals surface area contributed by atoms with E-state index >= 15 is 0 Å². The second kappa shape index (κ2) is 6.65. The monoisotopic (exact) mass is 261 g/mol. The number of aromatic nitrogens is 2. The maximum absolute atomic E-state index is 11.3. The van der Waals surface area contributed by atoms with Crippen molar-refractivity contribution in [2.75, 3.05) is 7.11 Å². The number of nitrogens with zero attached hydrogens (tertiary/aromatic N) is 2. The Hall–Kier alpha value is -2.21. The van der Waals surface area contributed by atoms with Crippen LogP contribution in [-0.2, 0) is 29.0 Å². The predicted octanol–water partition coefficient (Wildman–Crippen LogP) is 1.07. The van der Waals surface area contributed by atoms with Gasteiger partial charge < -0.3 is 14.6 Å². The molecule has 19 heavy (non-hydrogen) atoms. The van der Waals surface area contributed by atoms with Crippen molar-refractivity contribution in [1.29, 1.82) is 0 Å². The second-order valence-electron chi connectivity index (χ2n) is 3.97. The molecule has 6 nitrogen and oxygen atoms in total. The summed E-state index contributed by atoms with van der Waals surface area (Å²) in [4.78, 5) is 15.2. The van der Waals surface area contributed by atoms with Gasteiger partial charge >= 0.3 is 5.97 Å². The summed E-state index contributed by atoms with van der Waals surface area (Å²) in [6.45, 7) is 1.14. The minimum Gasteiger partial charge on any atom is -0.469 e. The molecular weight excluding hydrogens is 246 g/mol. The molecule has 0 atom stereocenters. The van der Waals surface area contributed by atoms with Crippen LogP contribution >= 0.6 is 0 Å². The van der Waals surface area contributed by atoms with Crippen molar-refractivity contribution in [2.24, 2.45) is 0 Å². The Morgan fingerprint density at radius 1 is 1.32 bits per heavy atom. The number of carbonyl (C=O) groups is 1. The highest BCUT2D eigenvalue weighted by atomic mass is 16.5. The Labute approximate surface area is 110 Å². The van der Waals surface area contributed by atoms with Crippen molar-refractivity contribution in [3.05, 3.63) is 47.6 Å². The van der Waals surface area contributed by atoms with Gasteiger partial charge in [-0.15, -0.1) is 0 Å². The van der Waals surface area contributed by atoms with Crippen molar-refractivity contribution in [3.63, 3.8) is 0 Å². The van der Waals surface area contributed by atoms with Crippen LogP contribution in [0.4, 0.5) is 0 Å². The highest BCUT2D eigenvalue weighted by Crippen LogP contribution is 2.10. The predicted molar refractivity (Wildman–Crippen MR) is 67.0 cm³/mol. The van der Waals surface area contributed by atoms with Gasteiger partial charge in [0.25, 0.3) is 0 Å². The van der Waals surface area contributed by atoms with Crippen LogP contribution in [0.25, 0.3) is 0 Å². The number of rotatable bonds is 6. The average Bonchev–Trinajstić information content (AvgIpc) is 2.94. The van der Waals surface area contributed by atoms with Crippen LogP contribution in [0.3, 0.4) is 0 Å². The fraction of sp³-hybridized carbons (Fsp3) is 0.308. The van der Waals surface area contributed by atoms with Gasteiger partial charge in [0, 0.05) is 6.54 Å². The fourth-order valence-corrected chi connectivity index (χ4v) is 1.71. The molecule has 0 saturated heterocycles. The molecule has 2 rings (SSSR count). The van der Waals surface area contributed by atoms with Crippen LogP contribution < -0.4 is 5.32 Å². The van der Waals surface area contributed by atoms with Gasteiger partial charge in [0.15, 0.2) is 5.82 Å². The van der Waals surface area contributed by atoms with Crippen LogP contribution in [-0.4, -0.2) is 23.2 Å². The average molecular weight is 261 g/mol. The summed E-state index contributed by atoms with van der Waals surface area (Å²) in [5.41, 5.74) is 2.01. The van der Waals surface area contributed by atoms with Crippen molar-refractivity contribution < 1.29 is 14.1 Å². The van der Waals surface area contributed by atoms with E-state index in [4.69, 9.17) is 0 Å². The van der Waals surface area contributed by atoms with Gasteiger partial charge in [-0.1, -0.05) is 29.4 Å². The largest absolute Gasteiger partial charge is 0.469 e. The molecule has 0 saturated carbocycles. The molecule has 6 heteroatoms. The maximum Gasteiger partial charge on any atom is 0.309 e. The lowest BCUT2D eigenvalue weighted by Crippen LogP contribution is -2.16. The molecule has 0 amide bonds. The molecule has 1 heterocycles. The quantitative estimate of drug-likeness (QED) is 0.784. The number of nitrogens with one attached hydrogen (secondary N) is 1.